The molecule has 4 rings (SSSR count). The van der Waals surface area contributed by atoms with Crippen molar-refractivity contribution in [1.82, 2.24) is 14.7 Å². The van der Waals surface area contributed by atoms with Crippen molar-refractivity contribution in [3.05, 3.63) is 71.1 Å². The maximum absolute atomic E-state index is 12.3. The Balaban J connectivity index is 1.35. The van der Waals surface area contributed by atoms with Crippen LogP contribution in [0.3, 0.4) is 0 Å². The summed E-state index contributed by atoms with van der Waals surface area (Å²) in [7, 11) is 0. The molecule has 0 radical (unpaired) electrons. The average molecular weight is 423 g/mol. The standard InChI is InChI=1S/C23H23ClN4O2/c24-22-19(28-13-4-3-10-20(28)27-22)11-12-21(29)25-15-16-6-5-9-18(14-16)26-23(30)17-7-1-2-8-17/h3-6,9-14,17H,1-2,7-8,15H2,(H,25,29)(H,26,30). The van der Waals surface area contributed by atoms with Gasteiger partial charge in [0.25, 0.3) is 0 Å². The predicted molar refractivity (Wildman–Crippen MR) is 118 cm³/mol. The molecule has 154 valence electrons. The normalized spacial score (nSPS) is 14.4. The van der Waals surface area contributed by atoms with E-state index in [-0.39, 0.29) is 17.7 Å². The van der Waals surface area contributed by atoms with Gasteiger partial charge >= 0.3 is 0 Å². The molecule has 1 aliphatic rings. The zero-order valence-electron chi connectivity index (χ0n) is 16.5. The van der Waals surface area contributed by atoms with E-state index in [1.54, 1.807) is 6.08 Å². The van der Waals surface area contributed by atoms with Crippen LogP contribution < -0.4 is 10.6 Å². The Labute approximate surface area is 180 Å². The van der Waals surface area contributed by atoms with Gasteiger partial charge in [0.1, 0.15) is 5.65 Å². The quantitative estimate of drug-likeness (QED) is 0.576. The van der Waals surface area contributed by atoms with E-state index >= 15 is 0 Å². The fraction of sp³-hybridized carbons (Fsp3) is 0.261. The van der Waals surface area contributed by atoms with Crippen LogP contribution in [0.1, 0.15) is 36.9 Å². The fourth-order valence-electron chi connectivity index (χ4n) is 3.73. The van der Waals surface area contributed by atoms with E-state index in [1.807, 2.05) is 53.1 Å². The molecule has 3 aromatic rings. The Kier molecular flexibility index (Phi) is 6.14. The van der Waals surface area contributed by atoms with E-state index in [2.05, 4.69) is 15.6 Å². The number of anilines is 1. The highest BCUT2D eigenvalue weighted by Gasteiger charge is 2.22. The summed E-state index contributed by atoms with van der Waals surface area (Å²) >= 11 is 6.18. The Hall–Kier alpha value is -3.12. The summed E-state index contributed by atoms with van der Waals surface area (Å²) in [5, 5.41) is 6.19. The van der Waals surface area contributed by atoms with Crippen LogP contribution in [0.2, 0.25) is 5.15 Å². The van der Waals surface area contributed by atoms with Gasteiger partial charge in [0.15, 0.2) is 5.15 Å². The fourth-order valence-corrected chi connectivity index (χ4v) is 3.97. The number of amides is 2. The van der Waals surface area contributed by atoms with E-state index in [0.717, 1.165) is 42.6 Å². The molecule has 1 fully saturated rings. The lowest BCUT2D eigenvalue weighted by atomic mass is 10.1. The molecular formula is C23H23ClN4O2. The van der Waals surface area contributed by atoms with E-state index in [4.69, 9.17) is 11.6 Å². The molecule has 0 bridgehead atoms. The summed E-state index contributed by atoms with van der Waals surface area (Å²) in [5.41, 5.74) is 3.04. The number of hydrogen-bond acceptors (Lipinski definition) is 3. The van der Waals surface area contributed by atoms with Crippen LogP contribution in [0.25, 0.3) is 11.7 Å². The molecule has 0 unspecified atom stereocenters. The predicted octanol–water partition coefficient (Wildman–Crippen LogP) is 4.45. The first-order valence-corrected chi connectivity index (χ1v) is 10.5. The topological polar surface area (TPSA) is 75.5 Å². The van der Waals surface area contributed by atoms with Gasteiger partial charge in [0.2, 0.25) is 11.8 Å². The van der Waals surface area contributed by atoms with E-state index < -0.39 is 0 Å². The minimum atomic E-state index is -0.239. The molecule has 7 heteroatoms. The van der Waals surface area contributed by atoms with Crippen LogP contribution in [0.15, 0.2) is 54.7 Å². The van der Waals surface area contributed by atoms with Gasteiger partial charge in [-0.1, -0.05) is 42.6 Å². The molecule has 0 atom stereocenters. The highest BCUT2D eigenvalue weighted by atomic mass is 35.5. The highest BCUT2D eigenvalue weighted by Crippen LogP contribution is 2.26. The van der Waals surface area contributed by atoms with Gasteiger partial charge in [-0.3, -0.25) is 14.0 Å². The highest BCUT2D eigenvalue weighted by molar-refractivity contribution is 6.31. The maximum Gasteiger partial charge on any atom is 0.244 e. The van der Waals surface area contributed by atoms with Gasteiger partial charge in [0, 0.05) is 30.4 Å². The molecular weight excluding hydrogens is 400 g/mol. The van der Waals surface area contributed by atoms with Crippen molar-refractivity contribution >= 4 is 40.8 Å². The number of pyridine rings is 1. The molecule has 1 aromatic carbocycles. The van der Waals surface area contributed by atoms with Crippen LogP contribution in [0.5, 0.6) is 0 Å². The van der Waals surface area contributed by atoms with Crippen LogP contribution in [-0.4, -0.2) is 21.2 Å². The zero-order valence-corrected chi connectivity index (χ0v) is 17.2. The largest absolute Gasteiger partial charge is 0.348 e. The third kappa shape index (κ3) is 4.71. The third-order valence-electron chi connectivity index (χ3n) is 5.30. The van der Waals surface area contributed by atoms with E-state index in [0.29, 0.717) is 17.4 Å². The summed E-state index contributed by atoms with van der Waals surface area (Å²) in [6.07, 6.45) is 9.10. The first-order chi connectivity index (χ1) is 14.6. The molecule has 2 aromatic heterocycles. The maximum atomic E-state index is 12.3. The van der Waals surface area contributed by atoms with Gasteiger partial charge in [-0.05, 0) is 48.7 Å². The van der Waals surface area contributed by atoms with Crippen LogP contribution in [0, 0.1) is 5.92 Å². The number of nitrogens with zero attached hydrogens (tertiary/aromatic N) is 2. The Morgan fingerprint density at radius 2 is 2.00 bits per heavy atom. The molecule has 0 saturated heterocycles. The molecule has 6 nitrogen and oxygen atoms in total. The first kappa shape index (κ1) is 20.2. The second-order valence-corrected chi connectivity index (χ2v) is 7.80. The molecule has 1 aliphatic carbocycles. The molecule has 0 aliphatic heterocycles. The van der Waals surface area contributed by atoms with Crippen molar-refractivity contribution in [2.45, 2.75) is 32.2 Å². The lowest BCUT2D eigenvalue weighted by Crippen LogP contribution is -2.21. The Morgan fingerprint density at radius 1 is 1.17 bits per heavy atom. The molecule has 2 amide bonds. The summed E-state index contributed by atoms with van der Waals surface area (Å²) in [5.74, 6) is -0.0381. The third-order valence-corrected chi connectivity index (χ3v) is 5.58. The number of fused-ring (bicyclic) bond motifs is 1. The number of nitrogens with one attached hydrogen (secondary N) is 2. The number of hydrogen-bond donors (Lipinski definition) is 2. The molecule has 2 heterocycles. The van der Waals surface area contributed by atoms with E-state index in [9.17, 15) is 9.59 Å². The van der Waals surface area contributed by atoms with Crippen molar-refractivity contribution in [2.24, 2.45) is 5.92 Å². The van der Waals surface area contributed by atoms with Crippen molar-refractivity contribution in [2.75, 3.05) is 5.32 Å². The minimum Gasteiger partial charge on any atom is -0.348 e. The number of carbonyl (C=O) groups is 2. The Morgan fingerprint density at radius 3 is 2.83 bits per heavy atom. The second-order valence-electron chi connectivity index (χ2n) is 7.44. The van der Waals surface area contributed by atoms with Crippen LogP contribution in [0.4, 0.5) is 5.69 Å². The number of rotatable bonds is 6. The second kappa shape index (κ2) is 9.13. The Bertz CT molecular complexity index is 1100. The number of aromatic nitrogens is 2. The van der Waals surface area contributed by atoms with Gasteiger partial charge in [-0.15, -0.1) is 0 Å². The molecule has 0 spiro atoms. The van der Waals surface area contributed by atoms with Gasteiger partial charge in [-0.2, -0.15) is 0 Å². The van der Waals surface area contributed by atoms with Crippen molar-refractivity contribution in [3.8, 4) is 0 Å². The summed E-state index contributed by atoms with van der Waals surface area (Å²) in [4.78, 5) is 28.8. The van der Waals surface area contributed by atoms with Gasteiger partial charge in [0.05, 0.1) is 5.69 Å². The number of benzene rings is 1. The lowest BCUT2D eigenvalue weighted by molar-refractivity contribution is -0.119. The van der Waals surface area contributed by atoms with Crippen molar-refractivity contribution in [3.63, 3.8) is 0 Å². The van der Waals surface area contributed by atoms with Crippen LogP contribution in [-0.2, 0) is 16.1 Å². The van der Waals surface area contributed by atoms with Crippen molar-refractivity contribution in [1.29, 1.82) is 0 Å². The average Bonchev–Trinajstić information content (AvgIpc) is 3.39. The first-order valence-electron chi connectivity index (χ1n) is 10.1. The monoisotopic (exact) mass is 422 g/mol. The lowest BCUT2D eigenvalue weighted by Gasteiger charge is -2.11. The molecule has 2 N–H and O–H groups in total. The molecule has 30 heavy (non-hydrogen) atoms. The summed E-state index contributed by atoms with van der Waals surface area (Å²) in [6, 6.07) is 13.1. The smallest absolute Gasteiger partial charge is 0.244 e. The van der Waals surface area contributed by atoms with Gasteiger partial charge in [-0.25, -0.2) is 4.98 Å². The number of halogens is 1. The molecule has 1 saturated carbocycles. The summed E-state index contributed by atoms with van der Waals surface area (Å²) in [6.45, 7) is 0.358. The SMILES string of the molecule is O=C(C=Cc1c(Cl)nc2ccccn12)NCc1cccc(NC(=O)C2CCCC2)c1. The van der Waals surface area contributed by atoms with Crippen LogP contribution >= 0.6 is 11.6 Å². The van der Waals surface area contributed by atoms with Crippen molar-refractivity contribution < 1.29 is 9.59 Å². The minimum absolute atomic E-state index is 0.0848. The summed E-state index contributed by atoms with van der Waals surface area (Å²) < 4.78 is 1.82. The number of carbonyl (C=O) groups excluding carboxylic acids is 2. The number of imidazole rings is 1. The van der Waals surface area contributed by atoms with Gasteiger partial charge < -0.3 is 10.6 Å². The van der Waals surface area contributed by atoms with E-state index in [1.165, 1.54) is 6.08 Å². The zero-order chi connectivity index (χ0) is 20.9.